The van der Waals surface area contributed by atoms with Crippen molar-refractivity contribution in [2.24, 2.45) is 0 Å². The van der Waals surface area contributed by atoms with Gasteiger partial charge in [0.25, 0.3) is 5.82 Å². The van der Waals surface area contributed by atoms with Crippen LogP contribution in [0.15, 0.2) is 11.0 Å². The standard InChI is InChI=1S/C9H7N5O3/c1-2-17-9(16)8-13-12-7-6(15)5(3-10)4-11-14(7)8/h4,11H,2H2,1H3. The summed E-state index contributed by atoms with van der Waals surface area (Å²) in [4.78, 5) is 23.1. The largest absolute Gasteiger partial charge is 0.460 e. The molecule has 0 saturated heterocycles. The molecule has 0 atom stereocenters. The quantitative estimate of drug-likeness (QED) is 0.697. The van der Waals surface area contributed by atoms with Crippen LogP contribution in [0, 0.1) is 11.3 Å². The number of nitrogens with one attached hydrogen (secondary N) is 1. The molecule has 0 unspecified atom stereocenters. The third kappa shape index (κ3) is 1.63. The van der Waals surface area contributed by atoms with E-state index < -0.39 is 11.4 Å². The maximum atomic E-state index is 11.6. The second-order valence-electron chi connectivity index (χ2n) is 3.03. The number of hydrogen-bond acceptors (Lipinski definition) is 6. The molecule has 0 bridgehead atoms. The Labute approximate surface area is 94.4 Å². The van der Waals surface area contributed by atoms with E-state index in [9.17, 15) is 9.59 Å². The number of rotatable bonds is 2. The molecule has 8 nitrogen and oxygen atoms in total. The zero-order valence-corrected chi connectivity index (χ0v) is 8.80. The third-order valence-corrected chi connectivity index (χ3v) is 2.03. The fourth-order valence-corrected chi connectivity index (χ4v) is 1.28. The lowest BCUT2D eigenvalue weighted by atomic mass is 10.3. The molecule has 8 heteroatoms. The molecular formula is C9H7N5O3. The number of hydrogen-bond donors (Lipinski definition) is 1. The van der Waals surface area contributed by atoms with Crippen LogP contribution >= 0.6 is 0 Å². The summed E-state index contributed by atoms with van der Waals surface area (Å²) in [5.74, 6) is -0.830. The molecule has 2 rings (SSSR count). The van der Waals surface area contributed by atoms with Crippen molar-refractivity contribution in [1.29, 1.82) is 5.26 Å². The molecule has 1 N–H and O–H groups in total. The van der Waals surface area contributed by atoms with E-state index >= 15 is 0 Å². The average Bonchev–Trinajstić information content (AvgIpc) is 2.74. The normalized spacial score (nSPS) is 10.1. The number of nitriles is 1. The van der Waals surface area contributed by atoms with Crippen LogP contribution in [0.1, 0.15) is 23.1 Å². The van der Waals surface area contributed by atoms with Gasteiger partial charge in [0.1, 0.15) is 11.6 Å². The molecule has 0 amide bonds. The Balaban J connectivity index is 2.65. The maximum absolute atomic E-state index is 11.6. The zero-order chi connectivity index (χ0) is 12.4. The minimum atomic E-state index is -0.694. The Morgan fingerprint density at radius 3 is 3.06 bits per heavy atom. The molecule has 0 fully saturated rings. The van der Waals surface area contributed by atoms with E-state index in [1.165, 1.54) is 6.20 Å². The highest BCUT2D eigenvalue weighted by Crippen LogP contribution is 2.00. The van der Waals surface area contributed by atoms with Crippen molar-refractivity contribution < 1.29 is 9.53 Å². The lowest BCUT2D eigenvalue weighted by Crippen LogP contribution is -2.16. The molecule has 0 aliphatic carbocycles. The van der Waals surface area contributed by atoms with Gasteiger partial charge in [-0.3, -0.25) is 9.89 Å². The molecular weight excluding hydrogens is 226 g/mol. The average molecular weight is 233 g/mol. The van der Waals surface area contributed by atoms with Gasteiger partial charge < -0.3 is 4.74 Å². The molecule has 2 aromatic rings. The molecule has 2 heterocycles. The Kier molecular flexibility index (Phi) is 2.58. The molecule has 0 spiro atoms. The zero-order valence-electron chi connectivity index (χ0n) is 8.80. The van der Waals surface area contributed by atoms with Gasteiger partial charge in [0.05, 0.1) is 6.61 Å². The Hall–Kier alpha value is -2.69. The fraction of sp³-hybridized carbons (Fsp3) is 0.222. The molecule has 0 saturated carbocycles. The second kappa shape index (κ2) is 4.05. The van der Waals surface area contributed by atoms with Gasteiger partial charge >= 0.3 is 5.97 Å². The summed E-state index contributed by atoms with van der Waals surface area (Å²) >= 11 is 0. The molecule has 17 heavy (non-hydrogen) atoms. The Bertz CT molecular complexity index is 678. The van der Waals surface area contributed by atoms with Crippen molar-refractivity contribution in [1.82, 2.24) is 19.8 Å². The predicted octanol–water partition coefficient (Wildman–Crippen LogP) is -0.534. The van der Waals surface area contributed by atoms with Crippen LogP contribution in [0.25, 0.3) is 5.65 Å². The van der Waals surface area contributed by atoms with E-state index in [1.54, 1.807) is 13.0 Å². The van der Waals surface area contributed by atoms with Gasteiger partial charge in [0, 0.05) is 6.20 Å². The number of aromatic nitrogens is 4. The van der Waals surface area contributed by atoms with Crippen LogP contribution in [0.5, 0.6) is 0 Å². The SMILES string of the molecule is CCOC(=O)c1nnc2c(=O)c(C#N)c[nH]n12. The van der Waals surface area contributed by atoms with Crippen molar-refractivity contribution in [3.8, 4) is 6.07 Å². The van der Waals surface area contributed by atoms with Crippen molar-refractivity contribution in [3.05, 3.63) is 27.8 Å². The first-order valence-corrected chi connectivity index (χ1v) is 4.73. The summed E-state index contributed by atoms with van der Waals surface area (Å²) < 4.78 is 5.83. The number of esters is 1. The van der Waals surface area contributed by atoms with Crippen LogP contribution in [0.4, 0.5) is 0 Å². The molecule has 0 aromatic carbocycles. The van der Waals surface area contributed by atoms with Gasteiger partial charge in [0.15, 0.2) is 0 Å². The highest BCUT2D eigenvalue weighted by molar-refractivity contribution is 5.86. The summed E-state index contributed by atoms with van der Waals surface area (Å²) in [6.07, 6.45) is 1.18. The van der Waals surface area contributed by atoms with E-state index in [0.717, 1.165) is 4.52 Å². The van der Waals surface area contributed by atoms with Crippen LogP contribution in [-0.4, -0.2) is 32.4 Å². The van der Waals surface area contributed by atoms with E-state index in [-0.39, 0.29) is 23.6 Å². The van der Waals surface area contributed by atoms with Gasteiger partial charge in [-0.25, -0.2) is 9.31 Å². The highest BCUT2D eigenvalue weighted by atomic mass is 16.5. The number of carbonyl (C=O) groups is 1. The molecule has 0 aliphatic rings. The predicted molar refractivity (Wildman–Crippen MR) is 54.3 cm³/mol. The fourth-order valence-electron chi connectivity index (χ4n) is 1.28. The molecule has 86 valence electrons. The first-order chi connectivity index (χ1) is 8.19. The number of fused-ring (bicyclic) bond motifs is 1. The van der Waals surface area contributed by atoms with Crippen LogP contribution in [0.2, 0.25) is 0 Å². The van der Waals surface area contributed by atoms with Gasteiger partial charge in [-0.05, 0) is 6.92 Å². The van der Waals surface area contributed by atoms with Crippen molar-refractivity contribution >= 4 is 11.6 Å². The van der Waals surface area contributed by atoms with Gasteiger partial charge in [-0.15, -0.1) is 10.2 Å². The van der Waals surface area contributed by atoms with Gasteiger partial charge in [-0.1, -0.05) is 0 Å². The number of ether oxygens (including phenoxy) is 1. The van der Waals surface area contributed by atoms with Crippen molar-refractivity contribution in [3.63, 3.8) is 0 Å². The summed E-state index contributed by atoms with van der Waals surface area (Å²) in [5, 5.41) is 18.3. The smallest absolute Gasteiger partial charge is 0.378 e. The van der Waals surface area contributed by atoms with E-state index in [0.29, 0.717) is 0 Å². The lowest BCUT2D eigenvalue weighted by molar-refractivity contribution is 0.0509. The number of aromatic amines is 1. The van der Waals surface area contributed by atoms with Gasteiger partial charge in [0.2, 0.25) is 11.1 Å². The van der Waals surface area contributed by atoms with Gasteiger partial charge in [-0.2, -0.15) is 5.26 Å². The molecule has 0 aliphatic heterocycles. The first kappa shape index (κ1) is 10.8. The number of H-pyrrole nitrogens is 1. The van der Waals surface area contributed by atoms with E-state index in [1.807, 2.05) is 0 Å². The molecule has 0 radical (unpaired) electrons. The van der Waals surface area contributed by atoms with Crippen LogP contribution in [-0.2, 0) is 4.74 Å². The lowest BCUT2D eigenvalue weighted by Gasteiger charge is -1.99. The first-order valence-electron chi connectivity index (χ1n) is 4.73. The third-order valence-electron chi connectivity index (χ3n) is 2.03. The highest BCUT2D eigenvalue weighted by Gasteiger charge is 2.18. The number of carbonyl (C=O) groups excluding carboxylic acids is 1. The number of nitrogens with zero attached hydrogens (tertiary/aromatic N) is 4. The second-order valence-corrected chi connectivity index (χ2v) is 3.03. The Morgan fingerprint density at radius 1 is 1.65 bits per heavy atom. The van der Waals surface area contributed by atoms with Crippen LogP contribution in [0.3, 0.4) is 0 Å². The maximum Gasteiger partial charge on any atom is 0.378 e. The minimum absolute atomic E-state index is 0.0969. The Morgan fingerprint density at radius 2 is 2.41 bits per heavy atom. The van der Waals surface area contributed by atoms with Crippen LogP contribution < -0.4 is 5.43 Å². The molecule has 2 aromatic heterocycles. The topological polar surface area (TPSA) is 113 Å². The summed E-state index contributed by atoms with van der Waals surface area (Å²) in [6, 6.07) is 1.71. The summed E-state index contributed by atoms with van der Waals surface area (Å²) in [6.45, 7) is 1.84. The summed E-state index contributed by atoms with van der Waals surface area (Å²) in [7, 11) is 0. The van der Waals surface area contributed by atoms with E-state index in [2.05, 4.69) is 15.3 Å². The van der Waals surface area contributed by atoms with Crippen molar-refractivity contribution in [2.45, 2.75) is 6.92 Å². The van der Waals surface area contributed by atoms with E-state index in [4.69, 9.17) is 10.00 Å². The monoisotopic (exact) mass is 233 g/mol. The van der Waals surface area contributed by atoms with Crippen molar-refractivity contribution in [2.75, 3.05) is 6.61 Å². The summed E-state index contributed by atoms with van der Waals surface area (Å²) in [5.41, 5.74) is -0.804. The minimum Gasteiger partial charge on any atom is -0.460 e.